The summed E-state index contributed by atoms with van der Waals surface area (Å²) in [6.07, 6.45) is 2.56. The van der Waals surface area contributed by atoms with Gasteiger partial charge in [0.15, 0.2) is 5.82 Å². The number of carbonyl (C=O) groups excluding carboxylic acids is 2. The highest BCUT2D eigenvalue weighted by molar-refractivity contribution is 8.00. The quantitative estimate of drug-likeness (QED) is 0.635. The highest BCUT2D eigenvalue weighted by Gasteiger charge is 2.15. The van der Waals surface area contributed by atoms with E-state index < -0.39 is 0 Å². The summed E-state index contributed by atoms with van der Waals surface area (Å²) in [5.74, 6) is 1.99. The molecule has 1 aliphatic heterocycles. The average Bonchev–Trinajstić information content (AvgIpc) is 3.13. The third-order valence-electron chi connectivity index (χ3n) is 5.16. The Hall–Kier alpha value is -2.32. The van der Waals surface area contributed by atoms with Crippen LogP contribution in [0.4, 0.5) is 5.82 Å². The normalized spacial score (nSPS) is 15.1. The smallest absolute Gasteiger partial charge is 0.235 e. The van der Waals surface area contributed by atoms with Gasteiger partial charge < -0.3 is 15.2 Å². The summed E-state index contributed by atoms with van der Waals surface area (Å²) < 4.78 is 4.89. The molecule has 1 fully saturated rings. The standard InChI is InChI=1S/C22H30N4O3S/c1-16-7-9-26(10-8-16)13-19-5-3-18(4-6-19)12-23-21(27)14-30-15-22(28)24-20-11-17(2)29-25-20/h3-6,11,16H,7-10,12-15H2,1-2H3,(H,23,27)(H,24,25,28). The molecule has 1 saturated heterocycles. The van der Waals surface area contributed by atoms with Gasteiger partial charge in [0.05, 0.1) is 11.5 Å². The second kappa shape index (κ2) is 11.2. The van der Waals surface area contributed by atoms with Gasteiger partial charge in [0.2, 0.25) is 11.8 Å². The van der Waals surface area contributed by atoms with Crippen molar-refractivity contribution in [1.29, 1.82) is 0 Å². The third kappa shape index (κ3) is 7.50. The Morgan fingerprint density at radius 2 is 1.80 bits per heavy atom. The Morgan fingerprint density at radius 1 is 1.13 bits per heavy atom. The largest absolute Gasteiger partial charge is 0.360 e. The maximum atomic E-state index is 12.0. The van der Waals surface area contributed by atoms with Gasteiger partial charge in [-0.25, -0.2) is 0 Å². The fraction of sp³-hybridized carbons (Fsp3) is 0.500. The number of hydrogen-bond acceptors (Lipinski definition) is 6. The summed E-state index contributed by atoms with van der Waals surface area (Å²) in [7, 11) is 0. The molecule has 1 aromatic heterocycles. The van der Waals surface area contributed by atoms with Crippen LogP contribution in [-0.2, 0) is 22.7 Å². The minimum atomic E-state index is -0.208. The van der Waals surface area contributed by atoms with Crippen LogP contribution in [0, 0.1) is 12.8 Å². The zero-order chi connectivity index (χ0) is 21.3. The van der Waals surface area contributed by atoms with Crippen LogP contribution in [-0.4, -0.2) is 46.5 Å². The fourth-order valence-corrected chi connectivity index (χ4v) is 3.98. The van der Waals surface area contributed by atoms with Crippen molar-refractivity contribution in [1.82, 2.24) is 15.4 Å². The first-order valence-corrected chi connectivity index (χ1v) is 11.5. The Morgan fingerprint density at radius 3 is 2.47 bits per heavy atom. The van der Waals surface area contributed by atoms with Crippen molar-refractivity contribution in [3.8, 4) is 0 Å². The van der Waals surface area contributed by atoms with Crippen molar-refractivity contribution in [2.45, 2.75) is 39.8 Å². The molecule has 2 heterocycles. The first kappa shape index (κ1) is 22.4. The van der Waals surface area contributed by atoms with Crippen LogP contribution >= 0.6 is 11.8 Å². The molecule has 0 atom stereocenters. The summed E-state index contributed by atoms with van der Waals surface area (Å²) in [5.41, 5.74) is 2.38. The van der Waals surface area contributed by atoms with Crippen LogP contribution in [0.25, 0.3) is 0 Å². The number of carbonyl (C=O) groups is 2. The maximum absolute atomic E-state index is 12.0. The van der Waals surface area contributed by atoms with E-state index in [1.165, 1.54) is 43.3 Å². The van der Waals surface area contributed by atoms with Crippen LogP contribution in [0.3, 0.4) is 0 Å². The van der Waals surface area contributed by atoms with E-state index in [9.17, 15) is 9.59 Å². The first-order valence-electron chi connectivity index (χ1n) is 10.4. The molecule has 1 aliphatic rings. The SMILES string of the molecule is Cc1cc(NC(=O)CSCC(=O)NCc2ccc(CN3CCC(C)CC3)cc2)no1. The third-order valence-corrected chi connectivity index (χ3v) is 6.09. The van der Waals surface area contributed by atoms with Crippen LogP contribution in [0.15, 0.2) is 34.9 Å². The number of benzene rings is 1. The number of aryl methyl sites for hydroxylation is 1. The molecule has 7 nitrogen and oxygen atoms in total. The summed E-state index contributed by atoms with van der Waals surface area (Å²) in [6, 6.07) is 10.1. The number of hydrogen-bond donors (Lipinski definition) is 2. The van der Waals surface area contributed by atoms with E-state index in [1.807, 2.05) is 0 Å². The van der Waals surface area contributed by atoms with Gasteiger partial charge in [-0.1, -0.05) is 36.3 Å². The lowest BCUT2D eigenvalue weighted by Gasteiger charge is -2.30. The Bertz CT molecular complexity index is 829. The summed E-state index contributed by atoms with van der Waals surface area (Å²) >= 11 is 1.26. The van der Waals surface area contributed by atoms with Gasteiger partial charge in [0.25, 0.3) is 0 Å². The molecule has 0 saturated carbocycles. The highest BCUT2D eigenvalue weighted by atomic mass is 32.2. The Labute approximate surface area is 181 Å². The molecule has 0 bridgehead atoms. The summed E-state index contributed by atoms with van der Waals surface area (Å²) in [6.45, 7) is 7.91. The van der Waals surface area contributed by atoms with Crippen molar-refractivity contribution < 1.29 is 14.1 Å². The maximum Gasteiger partial charge on any atom is 0.235 e. The van der Waals surface area contributed by atoms with Gasteiger partial charge in [-0.15, -0.1) is 11.8 Å². The molecule has 2 amide bonds. The number of piperidine rings is 1. The van der Waals surface area contributed by atoms with E-state index in [0.29, 0.717) is 18.1 Å². The molecule has 0 unspecified atom stereocenters. The monoisotopic (exact) mass is 430 g/mol. The molecule has 1 aromatic carbocycles. The van der Waals surface area contributed by atoms with Crippen LogP contribution in [0.2, 0.25) is 0 Å². The highest BCUT2D eigenvalue weighted by Crippen LogP contribution is 2.18. The minimum absolute atomic E-state index is 0.0865. The predicted octanol–water partition coefficient (Wildman–Crippen LogP) is 3.20. The molecular formula is C22H30N4O3S. The van der Waals surface area contributed by atoms with Gasteiger partial charge in [0.1, 0.15) is 5.76 Å². The van der Waals surface area contributed by atoms with Crippen molar-refractivity contribution in [2.75, 3.05) is 29.9 Å². The van der Waals surface area contributed by atoms with Crippen molar-refractivity contribution >= 4 is 29.4 Å². The summed E-state index contributed by atoms with van der Waals surface area (Å²) in [5, 5.41) is 9.24. The summed E-state index contributed by atoms with van der Waals surface area (Å²) in [4.78, 5) is 26.4. The number of aromatic nitrogens is 1. The molecule has 3 rings (SSSR count). The van der Waals surface area contributed by atoms with Gasteiger partial charge in [-0.05, 0) is 49.9 Å². The van der Waals surface area contributed by atoms with E-state index in [-0.39, 0.29) is 23.3 Å². The lowest BCUT2D eigenvalue weighted by atomic mass is 9.99. The predicted molar refractivity (Wildman–Crippen MR) is 119 cm³/mol. The molecule has 2 N–H and O–H groups in total. The number of anilines is 1. The molecule has 8 heteroatoms. The van der Waals surface area contributed by atoms with E-state index in [2.05, 4.69) is 51.9 Å². The average molecular weight is 431 g/mol. The number of amides is 2. The zero-order valence-electron chi connectivity index (χ0n) is 17.6. The van der Waals surface area contributed by atoms with Crippen molar-refractivity contribution in [3.05, 3.63) is 47.2 Å². The number of likely N-dealkylation sites (tertiary alicyclic amines) is 1. The van der Waals surface area contributed by atoms with Crippen LogP contribution in [0.1, 0.15) is 36.7 Å². The fourth-order valence-electron chi connectivity index (χ4n) is 3.33. The number of thioether (sulfide) groups is 1. The Kier molecular flexibility index (Phi) is 8.33. The van der Waals surface area contributed by atoms with Gasteiger partial charge in [-0.3, -0.25) is 14.5 Å². The van der Waals surface area contributed by atoms with E-state index in [4.69, 9.17) is 4.52 Å². The topological polar surface area (TPSA) is 87.5 Å². The second-order valence-electron chi connectivity index (χ2n) is 7.92. The molecule has 0 aliphatic carbocycles. The van der Waals surface area contributed by atoms with E-state index >= 15 is 0 Å². The van der Waals surface area contributed by atoms with E-state index in [1.54, 1.807) is 13.0 Å². The van der Waals surface area contributed by atoms with Crippen LogP contribution in [0.5, 0.6) is 0 Å². The zero-order valence-corrected chi connectivity index (χ0v) is 18.5. The van der Waals surface area contributed by atoms with Gasteiger partial charge >= 0.3 is 0 Å². The Balaban J connectivity index is 1.31. The molecule has 162 valence electrons. The molecule has 30 heavy (non-hydrogen) atoms. The van der Waals surface area contributed by atoms with Crippen molar-refractivity contribution in [3.63, 3.8) is 0 Å². The minimum Gasteiger partial charge on any atom is -0.360 e. The van der Waals surface area contributed by atoms with Gasteiger partial charge in [0, 0.05) is 19.2 Å². The lowest BCUT2D eigenvalue weighted by Crippen LogP contribution is -2.32. The lowest BCUT2D eigenvalue weighted by molar-refractivity contribution is -0.118. The van der Waals surface area contributed by atoms with E-state index in [0.717, 1.165) is 18.0 Å². The molecule has 0 radical (unpaired) electrons. The first-order chi connectivity index (χ1) is 14.5. The number of rotatable bonds is 9. The molecular weight excluding hydrogens is 400 g/mol. The van der Waals surface area contributed by atoms with Crippen LogP contribution < -0.4 is 10.6 Å². The number of nitrogens with zero attached hydrogens (tertiary/aromatic N) is 2. The second-order valence-corrected chi connectivity index (χ2v) is 8.90. The van der Waals surface area contributed by atoms with Gasteiger partial charge in [-0.2, -0.15) is 0 Å². The van der Waals surface area contributed by atoms with Crippen molar-refractivity contribution in [2.24, 2.45) is 5.92 Å². The molecule has 0 spiro atoms. The number of nitrogens with one attached hydrogen (secondary N) is 2. The molecule has 2 aromatic rings.